The lowest BCUT2D eigenvalue weighted by Crippen LogP contribution is -2.33. The molecule has 8 heteroatoms. The Kier molecular flexibility index (Phi) is 8.14. The molecule has 0 unspecified atom stereocenters. The van der Waals surface area contributed by atoms with Gasteiger partial charge in [-0.1, -0.05) is 57.8 Å². The number of aliphatic hydroxyl groups excluding tert-OH is 1. The Morgan fingerprint density at radius 2 is 1.75 bits per heavy atom. The van der Waals surface area contributed by atoms with Crippen molar-refractivity contribution >= 4 is 49.3 Å². The van der Waals surface area contributed by atoms with Gasteiger partial charge in [-0.05, 0) is 62.0 Å². The molecule has 32 heavy (non-hydrogen) atoms. The van der Waals surface area contributed by atoms with Gasteiger partial charge in [0.2, 0.25) is 0 Å². The Labute approximate surface area is 204 Å². The molecule has 0 spiro atoms. The van der Waals surface area contributed by atoms with E-state index in [0.717, 1.165) is 24.1 Å². The van der Waals surface area contributed by atoms with Crippen molar-refractivity contribution in [2.24, 2.45) is 0 Å². The van der Waals surface area contributed by atoms with E-state index in [1.165, 1.54) is 17.0 Å². The van der Waals surface area contributed by atoms with E-state index in [1.807, 2.05) is 24.3 Å². The highest BCUT2D eigenvalue weighted by molar-refractivity contribution is 9.10. The number of phenols is 1. The summed E-state index contributed by atoms with van der Waals surface area (Å²) in [5.74, 6) is -1.97. The summed E-state index contributed by atoms with van der Waals surface area (Å²) in [5.41, 5.74) is 0.780. The standard InChI is InChI=1S/C24H26Br2N2O4/c1-3-27(4-2)11-6-12-28-21(15-7-5-8-16(25)13-15)20(23(31)24(28)32)22(30)18-14-17(26)9-10-19(18)29/h5,7-10,13-14,21,29-30H,3-4,6,11-12H2,1-2H3/t21-/m1/s1. The first kappa shape index (κ1) is 24.5. The number of rotatable bonds is 8. The average molecular weight is 566 g/mol. The lowest BCUT2D eigenvalue weighted by molar-refractivity contribution is -0.140. The molecular formula is C24H26Br2N2O4. The zero-order valence-corrected chi connectivity index (χ0v) is 21.2. The molecule has 1 amide bonds. The van der Waals surface area contributed by atoms with Crippen LogP contribution in [0.4, 0.5) is 0 Å². The number of hydrogen-bond acceptors (Lipinski definition) is 5. The molecule has 1 atom stereocenters. The van der Waals surface area contributed by atoms with E-state index >= 15 is 0 Å². The van der Waals surface area contributed by atoms with Gasteiger partial charge < -0.3 is 20.0 Å². The molecule has 170 valence electrons. The monoisotopic (exact) mass is 564 g/mol. The van der Waals surface area contributed by atoms with Gasteiger partial charge in [0.1, 0.15) is 11.5 Å². The third kappa shape index (κ3) is 5.08. The molecule has 3 rings (SSSR count). The zero-order valence-electron chi connectivity index (χ0n) is 18.0. The number of phenolic OH excluding ortho intramolecular Hbond substituents is 1. The summed E-state index contributed by atoms with van der Waals surface area (Å²) in [5, 5.41) is 21.4. The van der Waals surface area contributed by atoms with Crippen LogP contribution in [0.2, 0.25) is 0 Å². The third-order valence-corrected chi connectivity index (χ3v) is 6.67. The fraction of sp³-hybridized carbons (Fsp3) is 0.333. The van der Waals surface area contributed by atoms with Gasteiger partial charge in [-0.2, -0.15) is 0 Å². The molecule has 2 aromatic rings. The van der Waals surface area contributed by atoms with Crippen LogP contribution >= 0.6 is 31.9 Å². The number of Topliss-reactive ketones (excluding diaryl/α,β-unsaturated/α-hetero) is 1. The maximum Gasteiger partial charge on any atom is 0.295 e. The van der Waals surface area contributed by atoms with Gasteiger partial charge in [0.05, 0.1) is 17.2 Å². The van der Waals surface area contributed by atoms with Crippen molar-refractivity contribution in [1.29, 1.82) is 0 Å². The van der Waals surface area contributed by atoms with Gasteiger partial charge in [-0.3, -0.25) is 9.59 Å². The maximum atomic E-state index is 13.1. The number of aromatic hydroxyl groups is 1. The molecule has 1 aliphatic rings. The topological polar surface area (TPSA) is 81.1 Å². The molecule has 1 fully saturated rings. The van der Waals surface area contributed by atoms with E-state index in [2.05, 4.69) is 50.6 Å². The Morgan fingerprint density at radius 3 is 2.41 bits per heavy atom. The predicted octanol–water partition coefficient (Wildman–Crippen LogP) is 5.07. The Bertz CT molecular complexity index is 1050. The van der Waals surface area contributed by atoms with Crippen LogP contribution in [0.5, 0.6) is 5.75 Å². The highest BCUT2D eigenvalue weighted by Crippen LogP contribution is 2.41. The van der Waals surface area contributed by atoms with Gasteiger partial charge in [-0.25, -0.2) is 0 Å². The lowest BCUT2D eigenvalue weighted by atomic mass is 9.95. The number of carbonyl (C=O) groups is 2. The van der Waals surface area contributed by atoms with E-state index in [-0.39, 0.29) is 16.9 Å². The number of nitrogens with zero attached hydrogens (tertiary/aromatic N) is 2. The average Bonchev–Trinajstić information content (AvgIpc) is 3.03. The largest absolute Gasteiger partial charge is 0.507 e. The van der Waals surface area contributed by atoms with Crippen LogP contribution in [0.1, 0.15) is 37.4 Å². The molecule has 1 heterocycles. The summed E-state index contributed by atoms with van der Waals surface area (Å²) in [7, 11) is 0. The van der Waals surface area contributed by atoms with Crippen LogP contribution in [0.3, 0.4) is 0 Å². The Balaban J connectivity index is 2.08. The van der Waals surface area contributed by atoms with E-state index < -0.39 is 23.5 Å². The molecule has 2 N–H and O–H groups in total. The van der Waals surface area contributed by atoms with Gasteiger partial charge >= 0.3 is 0 Å². The molecule has 1 aliphatic heterocycles. The number of aliphatic hydroxyl groups is 1. The molecule has 0 radical (unpaired) electrons. The van der Waals surface area contributed by atoms with Crippen LogP contribution in [0.25, 0.3) is 5.76 Å². The van der Waals surface area contributed by atoms with Crippen molar-refractivity contribution in [2.75, 3.05) is 26.2 Å². The molecule has 0 saturated carbocycles. The second-order valence-corrected chi connectivity index (χ2v) is 9.42. The Hall–Kier alpha value is -2.16. The van der Waals surface area contributed by atoms with Gasteiger partial charge in [0.25, 0.3) is 11.7 Å². The van der Waals surface area contributed by atoms with Crippen LogP contribution < -0.4 is 0 Å². The van der Waals surface area contributed by atoms with Crippen molar-refractivity contribution < 1.29 is 19.8 Å². The smallest absolute Gasteiger partial charge is 0.295 e. The predicted molar refractivity (Wildman–Crippen MR) is 131 cm³/mol. The quantitative estimate of drug-likeness (QED) is 0.265. The molecule has 6 nitrogen and oxygen atoms in total. The van der Waals surface area contributed by atoms with Gasteiger partial charge in [0, 0.05) is 15.5 Å². The van der Waals surface area contributed by atoms with Crippen LogP contribution in [-0.2, 0) is 9.59 Å². The summed E-state index contributed by atoms with van der Waals surface area (Å²) in [4.78, 5) is 29.9. The highest BCUT2D eigenvalue weighted by Gasteiger charge is 2.46. The van der Waals surface area contributed by atoms with Gasteiger partial charge in [-0.15, -0.1) is 0 Å². The van der Waals surface area contributed by atoms with Crippen LogP contribution in [-0.4, -0.2) is 57.9 Å². The number of carbonyl (C=O) groups excluding carboxylic acids is 2. The van der Waals surface area contributed by atoms with Crippen LogP contribution in [0.15, 0.2) is 57.0 Å². The summed E-state index contributed by atoms with van der Waals surface area (Å²) in [6, 6.07) is 11.2. The molecule has 0 aromatic heterocycles. The summed E-state index contributed by atoms with van der Waals surface area (Å²) >= 11 is 6.78. The van der Waals surface area contributed by atoms with Crippen molar-refractivity contribution in [2.45, 2.75) is 26.3 Å². The number of benzene rings is 2. The highest BCUT2D eigenvalue weighted by atomic mass is 79.9. The fourth-order valence-electron chi connectivity index (χ4n) is 3.98. The van der Waals surface area contributed by atoms with Crippen molar-refractivity contribution in [1.82, 2.24) is 9.80 Å². The third-order valence-electron chi connectivity index (χ3n) is 5.69. The van der Waals surface area contributed by atoms with Gasteiger partial charge in [0.15, 0.2) is 0 Å². The first-order chi connectivity index (χ1) is 15.3. The second-order valence-electron chi connectivity index (χ2n) is 7.59. The number of halogens is 2. The zero-order chi connectivity index (χ0) is 23.4. The number of ketones is 1. The molecular weight excluding hydrogens is 540 g/mol. The normalized spacial score (nSPS) is 18.0. The van der Waals surface area contributed by atoms with Crippen LogP contribution in [0, 0.1) is 0 Å². The number of likely N-dealkylation sites (tertiary alicyclic amines) is 1. The minimum Gasteiger partial charge on any atom is -0.507 e. The number of amides is 1. The summed E-state index contributed by atoms with van der Waals surface area (Å²) < 4.78 is 1.43. The SMILES string of the molecule is CCN(CC)CCCN1C(=O)C(=O)C(=C(O)c2cc(Br)ccc2O)[C@H]1c1cccc(Br)c1. The first-order valence-electron chi connectivity index (χ1n) is 10.5. The van der Waals surface area contributed by atoms with Crippen molar-refractivity contribution in [3.05, 3.63) is 68.1 Å². The maximum absolute atomic E-state index is 13.1. The molecule has 0 aliphatic carbocycles. The fourth-order valence-corrected chi connectivity index (χ4v) is 4.76. The minimum absolute atomic E-state index is 0.0238. The van der Waals surface area contributed by atoms with E-state index in [0.29, 0.717) is 23.0 Å². The Morgan fingerprint density at radius 1 is 1.06 bits per heavy atom. The van der Waals surface area contributed by atoms with Crippen molar-refractivity contribution in [3.63, 3.8) is 0 Å². The summed E-state index contributed by atoms with van der Waals surface area (Å²) in [6.07, 6.45) is 0.696. The van der Waals surface area contributed by atoms with Crippen molar-refractivity contribution in [3.8, 4) is 5.75 Å². The van der Waals surface area contributed by atoms with E-state index in [1.54, 1.807) is 6.07 Å². The lowest BCUT2D eigenvalue weighted by Gasteiger charge is -2.27. The van der Waals surface area contributed by atoms with E-state index in [9.17, 15) is 19.8 Å². The molecule has 0 bridgehead atoms. The number of hydrogen-bond donors (Lipinski definition) is 2. The minimum atomic E-state index is -0.755. The molecule has 1 saturated heterocycles. The molecule has 2 aromatic carbocycles. The summed E-state index contributed by atoms with van der Waals surface area (Å²) in [6.45, 7) is 7.16. The van der Waals surface area contributed by atoms with E-state index in [4.69, 9.17) is 0 Å². The first-order valence-corrected chi connectivity index (χ1v) is 12.1. The second kappa shape index (κ2) is 10.6.